The number of nitrogens with one attached hydrogen (secondary N) is 1. The standard InChI is InChI=1S/C26H32N2O7/c1-17-24(26(31)32-2)22(25(30)28(17)15-21-6-4-12-34-21)13-18-7-9-19(10-8-18)35-16-23(29)27-14-20-5-3-11-33-20/h7-10,13,20-21H,3-6,11-12,14-16H2,1-2H3,(H,27,29)/b22-13-/t20-,21+/m1/s1. The van der Waals surface area contributed by atoms with Gasteiger partial charge in [-0.1, -0.05) is 12.1 Å². The summed E-state index contributed by atoms with van der Waals surface area (Å²) in [6.45, 7) is 3.98. The zero-order valence-electron chi connectivity index (χ0n) is 20.2. The number of esters is 1. The second-order valence-electron chi connectivity index (χ2n) is 8.86. The molecule has 0 aromatic heterocycles. The van der Waals surface area contributed by atoms with Gasteiger partial charge in [0.15, 0.2) is 6.61 Å². The highest BCUT2D eigenvalue weighted by atomic mass is 16.5. The fourth-order valence-corrected chi connectivity index (χ4v) is 4.50. The van der Waals surface area contributed by atoms with Gasteiger partial charge in [-0.3, -0.25) is 9.59 Å². The van der Waals surface area contributed by atoms with E-state index in [1.54, 1.807) is 42.2 Å². The summed E-state index contributed by atoms with van der Waals surface area (Å²) in [5, 5.41) is 2.82. The molecule has 3 heterocycles. The van der Waals surface area contributed by atoms with Crippen molar-refractivity contribution < 1.29 is 33.3 Å². The van der Waals surface area contributed by atoms with Gasteiger partial charge in [-0.05, 0) is 56.4 Å². The van der Waals surface area contributed by atoms with E-state index in [-0.39, 0.29) is 41.8 Å². The van der Waals surface area contributed by atoms with Crippen LogP contribution in [0.5, 0.6) is 5.75 Å². The Morgan fingerprint density at radius 1 is 1.11 bits per heavy atom. The summed E-state index contributed by atoms with van der Waals surface area (Å²) in [6, 6.07) is 6.98. The Hall–Kier alpha value is -3.17. The molecule has 2 saturated heterocycles. The van der Waals surface area contributed by atoms with E-state index in [2.05, 4.69) is 5.32 Å². The maximum atomic E-state index is 13.2. The van der Waals surface area contributed by atoms with Crippen LogP contribution in [0.2, 0.25) is 0 Å². The minimum absolute atomic E-state index is 0.0357. The highest BCUT2D eigenvalue weighted by Crippen LogP contribution is 2.33. The smallest absolute Gasteiger partial charge is 0.340 e. The molecule has 0 unspecified atom stereocenters. The summed E-state index contributed by atoms with van der Waals surface area (Å²) in [6.07, 6.45) is 5.55. The summed E-state index contributed by atoms with van der Waals surface area (Å²) in [5.74, 6) is -0.484. The van der Waals surface area contributed by atoms with Crippen LogP contribution < -0.4 is 10.1 Å². The number of ether oxygens (including phenoxy) is 4. The molecule has 4 rings (SSSR count). The lowest BCUT2D eigenvalue weighted by Gasteiger charge is -2.21. The van der Waals surface area contributed by atoms with Crippen LogP contribution in [0.4, 0.5) is 0 Å². The maximum Gasteiger partial charge on any atom is 0.340 e. The highest BCUT2D eigenvalue weighted by molar-refractivity contribution is 6.16. The predicted octanol–water partition coefficient (Wildman–Crippen LogP) is 2.21. The van der Waals surface area contributed by atoms with Gasteiger partial charge in [0.1, 0.15) is 5.75 Å². The van der Waals surface area contributed by atoms with E-state index in [0.29, 0.717) is 31.1 Å². The van der Waals surface area contributed by atoms with Gasteiger partial charge in [0, 0.05) is 25.5 Å². The average molecular weight is 485 g/mol. The minimum atomic E-state index is -0.550. The van der Waals surface area contributed by atoms with Crippen LogP contribution in [-0.4, -0.2) is 74.9 Å². The van der Waals surface area contributed by atoms with Crippen molar-refractivity contribution in [2.24, 2.45) is 0 Å². The molecular formula is C26H32N2O7. The third kappa shape index (κ3) is 6.10. The molecule has 2 fully saturated rings. The first kappa shape index (κ1) is 24.9. The molecule has 1 aromatic carbocycles. The van der Waals surface area contributed by atoms with Gasteiger partial charge in [-0.15, -0.1) is 0 Å². The van der Waals surface area contributed by atoms with Gasteiger partial charge in [0.2, 0.25) is 0 Å². The molecule has 9 nitrogen and oxygen atoms in total. The van der Waals surface area contributed by atoms with Crippen molar-refractivity contribution in [1.29, 1.82) is 0 Å². The van der Waals surface area contributed by atoms with E-state index in [0.717, 1.165) is 37.9 Å². The summed E-state index contributed by atoms with van der Waals surface area (Å²) >= 11 is 0. The van der Waals surface area contributed by atoms with E-state index in [1.807, 2.05) is 0 Å². The molecule has 1 N–H and O–H groups in total. The SMILES string of the molecule is COC(=O)C1=C(C)N(C[C@@H]2CCCO2)C(=O)/C1=C\c1ccc(OCC(=O)NC[C@H]2CCCO2)cc1. The fourth-order valence-electron chi connectivity index (χ4n) is 4.50. The predicted molar refractivity (Wildman–Crippen MR) is 127 cm³/mol. The molecule has 188 valence electrons. The number of methoxy groups -OCH3 is 1. The van der Waals surface area contributed by atoms with Crippen LogP contribution in [0.15, 0.2) is 41.1 Å². The van der Waals surface area contributed by atoms with Crippen LogP contribution in [0.25, 0.3) is 6.08 Å². The molecule has 0 radical (unpaired) electrons. The zero-order valence-corrected chi connectivity index (χ0v) is 20.2. The first-order valence-corrected chi connectivity index (χ1v) is 12.0. The van der Waals surface area contributed by atoms with Crippen molar-refractivity contribution in [2.45, 2.75) is 44.8 Å². The molecule has 0 saturated carbocycles. The molecule has 0 bridgehead atoms. The lowest BCUT2D eigenvalue weighted by molar-refractivity contribution is -0.136. The molecule has 35 heavy (non-hydrogen) atoms. The van der Waals surface area contributed by atoms with Gasteiger partial charge in [-0.2, -0.15) is 0 Å². The van der Waals surface area contributed by atoms with E-state index < -0.39 is 5.97 Å². The summed E-state index contributed by atoms with van der Waals surface area (Å²) in [7, 11) is 1.30. The Morgan fingerprint density at radius 3 is 2.43 bits per heavy atom. The highest BCUT2D eigenvalue weighted by Gasteiger charge is 2.38. The van der Waals surface area contributed by atoms with Crippen molar-refractivity contribution in [3.05, 3.63) is 46.7 Å². The Balaban J connectivity index is 1.40. The minimum Gasteiger partial charge on any atom is -0.484 e. The molecule has 0 spiro atoms. The first-order chi connectivity index (χ1) is 17.0. The summed E-state index contributed by atoms with van der Waals surface area (Å²) < 4.78 is 21.7. The topological polar surface area (TPSA) is 103 Å². The second kappa shape index (κ2) is 11.5. The average Bonchev–Trinajstić information content (AvgIpc) is 3.62. The lowest BCUT2D eigenvalue weighted by Crippen LogP contribution is -2.35. The van der Waals surface area contributed by atoms with Gasteiger partial charge in [-0.25, -0.2) is 4.79 Å². The molecule has 3 aliphatic heterocycles. The maximum absolute atomic E-state index is 13.2. The van der Waals surface area contributed by atoms with Crippen LogP contribution in [0.3, 0.4) is 0 Å². The number of hydrogen-bond acceptors (Lipinski definition) is 7. The van der Waals surface area contributed by atoms with Crippen LogP contribution >= 0.6 is 0 Å². The monoisotopic (exact) mass is 484 g/mol. The van der Waals surface area contributed by atoms with Crippen LogP contribution in [0.1, 0.15) is 38.2 Å². The van der Waals surface area contributed by atoms with E-state index >= 15 is 0 Å². The van der Waals surface area contributed by atoms with Crippen LogP contribution in [0, 0.1) is 0 Å². The van der Waals surface area contributed by atoms with Gasteiger partial charge < -0.3 is 29.2 Å². The lowest BCUT2D eigenvalue weighted by atomic mass is 10.0. The molecule has 9 heteroatoms. The second-order valence-corrected chi connectivity index (χ2v) is 8.86. The number of carbonyl (C=O) groups excluding carboxylic acids is 3. The van der Waals surface area contributed by atoms with Crippen molar-refractivity contribution in [2.75, 3.05) is 40.0 Å². The van der Waals surface area contributed by atoms with Crippen molar-refractivity contribution in [1.82, 2.24) is 10.2 Å². The normalized spacial score (nSPS) is 23.3. The molecule has 3 aliphatic rings. The van der Waals surface area contributed by atoms with Crippen molar-refractivity contribution >= 4 is 23.9 Å². The van der Waals surface area contributed by atoms with Crippen LogP contribution in [-0.2, 0) is 28.6 Å². The Bertz CT molecular complexity index is 1000. The summed E-state index contributed by atoms with van der Waals surface area (Å²) in [5.41, 5.74) is 1.84. The Morgan fingerprint density at radius 2 is 1.80 bits per heavy atom. The molecular weight excluding hydrogens is 452 g/mol. The quantitative estimate of drug-likeness (QED) is 0.423. The number of amides is 2. The zero-order chi connectivity index (χ0) is 24.8. The number of rotatable bonds is 9. The molecule has 0 aliphatic carbocycles. The summed E-state index contributed by atoms with van der Waals surface area (Å²) in [4.78, 5) is 39.3. The van der Waals surface area contributed by atoms with Crippen molar-refractivity contribution in [3.8, 4) is 5.75 Å². The van der Waals surface area contributed by atoms with E-state index in [4.69, 9.17) is 18.9 Å². The number of allylic oxidation sites excluding steroid dienone is 1. The number of hydrogen-bond donors (Lipinski definition) is 1. The Kier molecular flexibility index (Phi) is 8.20. The molecule has 2 amide bonds. The van der Waals surface area contributed by atoms with E-state index in [9.17, 15) is 14.4 Å². The van der Waals surface area contributed by atoms with Gasteiger partial charge in [0.05, 0.1) is 37.0 Å². The largest absolute Gasteiger partial charge is 0.484 e. The number of carbonyl (C=O) groups is 3. The third-order valence-corrected chi connectivity index (χ3v) is 6.42. The third-order valence-electron chi connectivity index (χ3n) is 6.42. The fraction of sp³-hybridized carbons (Fsp3) is 0.500. The first-order valence-electron chi connectivity index (χ1n) is 12.0. The number of nitrogens with zero attached hydrogens (tertiary/aromatic N) is 1. The van der Waals surface area contributed by atoms with Gasteiger partial charge >= 0.3 is 5.97 Å². The van der Waals surface area contributed by atoms with E-state index in [1.165, 1.54) is 7.11 Å². The Labute approximate surface area is 205 Å². The molecule has 2 atom stereocenters. The number of benzene rings is 1. The molecule has 1 aromatic rings. The van der Waals surface area contributed by atoms with Gasteiger partial charge in [0.25, 0.3) is 11.8 Å². The van der Waals surface area contributed by atoms with Crippen molar-refractivity contribution in [3.63, 3.8) is 0 Å².